The van der Waals surface area contributed by atoms with Gasteiger partial charge in [-0.3, -0.25) is 0 Å². The number of ether oxygens (including phenoxy) is 1. The van der Waals surface area contributed by atoms with E-state index in [0.29, 0.717) is 11.9 Å². The third-order valence-electron chi connectivity index (χ3n) is 3.04. The first kappa shape index (κ1) is 14.3. The van der Waals surface area contributed by atoms with Gasteiger partial charge in [0.15, 0.2) is 0 Å². The second-order valence-electron chi connectivity index (χ2n) is 4.55. The monoisotopic (exact) mass is 285 g/mol. The lowest BCUT2D eigenvalue weighted by Gasteiger charge is -2.15. The SMILES string of the molecule is COCCCCNc1nc(Cl)nc(N2CCCC2)n1. The molecule has 0 atom stereocenters. The fraction of sp³-hybridized carbons (Fsp3) is 0.750. The number of methoxy groups -OCH3 is 1. The normalized spacial score (nSPS) is 14.9. The Bertz CT molecular complexity index is 398. The van der Waals surface area contributed by atoms with Crippen molar-refractivity contribution in [3.63, 3.8) is 0 Å². The van der Waals surface area contributed by atoms with Gasteiger partial charge in [-0.2, -0.15) is 15.0 Å². The van der Waals surface area contributed by atoms with E-state index in [1.165, 1.54) is 12.8 Å². The molecule has 1 N–H and O–H groups in total. The zero-order valence-corrected chi connectivity index (χ0v) is 12.0. The molecule has 106 valence electrons. The predicted octanol–water partition coefficient (Wildman–Crippen LogP) is 1.96. The highest BCUT2D eigenvalue weighted by atomic mass is 35.5. The van der Waals surface area contributed by atoms with E-state index >= 15 is 0 Å². The van der Waals surface area contributed by atoms with Crippen LogP contribution in [0.5, 0.6) is 0 Å². The highest BCUT2D eigenvalue weighted by Crippen LogP contribution is 2.18. The Balaban J connectivity index is 1.89. The third kappa shape index (κ3) is 4.47. The highest BCUT2D eigenvalue weighted by molar-refractivity contribution is 6.28. The summed E-state index contributed by atoms with van der Waals surface area (Å²) in [5, 5.41) is 3.43. The number of unbranched alkanes of at least 4 members (excludes halogenated alkanes) is 1. The minimum atomic E-state index is 0.247. The maximum Gasteiger partial charge on any atom is 0.231 e. The number of rotatable bonds is 7. The van der Waals surface area contributed by atoms with E-state index in [2.05, 4.69) is 25.2 Å². The van der Waals surface area contributed by atoms with Crippen molar-refractivity contribution in [2.75, 3.05) is 43.6 Å². The van der Waals surface area contributed by atoms with Crippen LogP contribution in [0.1, 0.15) is 25.7 Å². The molecule has 0 radical (unpaired) electrons. The molecular formula is C12H20ClN5O. The van der Waals surface area contributed by atoms with Gasteiger partial charge in [0.25, 0.3) is 0 Å². The molecule has 0 aliphatic carbocycles. The first-order valence-electron chi connectivity index (χ1n) is 6.69. The molecule has 6 nitrogen and oxygen atoms in total. The fourth-order valence-corrected chi connectivity index (χ4v) is 2.20. The van der Waals surface area contributed by atoms with Gasteiger partial charge in [-0.1, -0.05) is 0 Å². The molecule has 0 amide bonds. The standard InChI is InChI=1S/C12H20ClN5O/c1-19-9-5-2-6-14-11-15-10(13)16-12(17-11)18-7-3-4-8-18/h2-9H2,1H3,(H,14,15,16,17). The van der Waals surface area contributed by atoms with Crippen LogP contribution in [0.25, 0.3) is 0 Å². The van der Waals surface area contributed by atoms with Gasteiger partial charge in [-0.15, -0.1) is 0 Å². The first-order valence-corrected chi connectivity index (χ1v) is 7.07. The Kier molecular flexibility index (Phi) is 5.60. The van der Waals surface area contributed by atoms with E-state index in [1.807, 2.05) is 0 Å². The molecule has 1 saturated heterocycles. The van der Waals surface area contributed by atoms with Crippen molar-refractivity contribution in [3.8, 4) is 0 Å². The summed E-state index contributed by atoms with van der Waals surface area (Å²) in [7, 11) is 1.71. The molecule has 0 bridgehead atoms. The lowest BCUT2D eigenvalue weighted by molar-refractivity contribution is 0.193. The van der Waals surface area contributed by atoms with Gasteiger partial charge < -0.3 is 15.0 Å². The minimum absolute atomic E-state index is 0.247. The van der Waals surface area contributed by atoms with E-state index in [0.717, 1.165) is 39.1 Å². The van der Waals surface area contributed by atoms with Gasteiger partial charge in [-0.05, 0) is 37.3 Å². The predicted molar refractivity (Wildman–Crippen MR) is 75.9 cm³/mol. The summed E-state index contributed by atoms with van der Waals surface area (Å²) < 4.78 is 5.00. The van der Waals surface area contributed by atoms with Crippen LogP contribution in [-0.4, -0.2) is 48.3 Å². The second-order valence-corrected chi connectivity index (χ2v) is 4.89. The van der Waals surface area contributed by atoms with Crippen molar-refractivity contribution >= 4 is 23.5 Å². The molecule has 0 aromatic carbocycles. The van der Waals surface area contributed by atoms with Crippen molar-refractivity contribution in [1.82, 2.24) is 15.0 Å². The number of aromatic nitrogens is 3. The molecule has 2 rings (SSSR count). The van der Waals surface area contributed by atoms with E-state index in [9.17, 15) is 0 Å². The quantitative estimate of drug-likeness (QED) is 0.773. The van der Waals surface area contributed by atoms with Crippen LogP contribution in [0.2, 0.25) is 5.28 Å². The van der Waals surface area contributed by atoms with E-state index in [-0.39, 0.29) is 5.28 Å². The first-order chi connectivity index (χ1) is 9.29. The van der Waals surface area contributed by atoms with E-state index in [1.54, 1.807) is 7.11 Å². The van der Waals surface area contributed by atoms with Crippen LogP contribution >= 0.6 is 11.6 Å². The van der Waals surface area contributed by atoms with E-state index in [4.69, 9.17) is 16.3 Å². The molecule has 2 heterocycles. The number of anilines is 2. The molecule has 0 unspecified atom stereocenters. The second kappa shape index (κ2) is 7.45. The molecule has 0 saturated carbocycles. The molecule has 1 aliphatic heterocycles. The van der Waals surface area contributed by atoms with Gasteiger partial charge >= 0.3 is 0 Å². The molecule has 7 heteroatoms. The Labute approximate surface area is 118 Å². The summed E-state index contributed by atoms with van der Waals surface area (Å²) in [6.45, 7) is 3.57. The highest BCUT2D eigenvalue weighted by Gasteiger charge is 2.16. The third-order valence-corrected chi connectivity index (χ3v) is 3.21. The smallest absolute Gasteiger partial charge is 0.231 e. The van der Waals surface area contributed by atoms with E-state index < -0.39 is 0 Å². The summed E-state index contributed by atoms with van der Waals surface area (Å²) >= 11 is 5.94. The van der Waals surface area contributed by atoms with Crippen molar-refractivity contribution in [3.05, 3.63) is 5.28 Å². The van der Waals surface area contributed by atoms with Crippen molar-refractivity contribution in [2.45, 2.75) is 25.7 Å². The Hall–Kier alpha value is -1.14. The molecule has 1 aliphatic rings. The summed E-state index contributed by atoms with van der Waals surface area (Å²) in [5.41, 5.74) is 0. The average molecular weight is 286 g/mol. The van der Waals surface area contributed by atoms with Gasteiger partial charge in [-0.25, -0.2) is 0 Å². The van der Waals surface area contributed by atoms with Crippen LogP contribution in [0.3, 0.4) is 0 Å². The van der Waals surface area contributed by atoms with Crippen molar-refractivity contribution in [2.24, 2.45) is 0 Å². The number of halogens is 1. The largest absolute Gasteiger partial charge is 0.385 e. The van der Waals surface area contributed by atoms with Crippen LogP contribution in [-0.2, 0) is 4.74 Å². The number of hydrogen-bond donors (Lipinski definition) is 1. The molecule has 1 fully saturated rings. The number of nitrogens with one attached hydrogen (secondary N) is 1. The molecular weight excluding hydrogens is 266 g/mol. The Morgan fingerprint density at radius 2 is 2.00 bits per heavy atom. The average Bonchev–Trinajstić information content (AvgIpc) is 2.92. The number of nitrogens with zero attached hydrogens (tertiary/aromatic N) is 4. The minimum Gasteiger partial charge on any atom is -0.385 e. The molecule has 0 spiro atoms. The lowest BCUT2D eigenvalue weighted by Crippen LogP contribution is -2.21. The zero-order chi connectivity index (χ0) is 13.5. The molecule has 1 aromatic heterocycles. The van der Waals surface area contributed by atoms with Crippen LogP contribution < -0.4 is 10.2 Å². The Morgan fingerprint density at radius 3 is 2.74 bits per heavy atom. The molecule has 19 heavy (non-hydrogen) atoms. The van der Waals surface area contributed by atoms with Gasteiger partial charge in [0.05, 0.1) is 0 Å². The summed E-state index contributed by atoms with van der Waals surface area (Å²) in [6, 6.07) is 0. The van der Waals surface area contributed by atoms with Crippen molar-refractivity contribution in [1.29, 1.82) is 0 Å². The van der Waals surface area contributed by atoms with Crippen molar-refractivity contribution < 1.29 is 4.74 Å². The van der Waals surface area contributed by atoms with Gasteiger partial charge in [0.1, 0.15) is 0 Å². The van der Waals surface area contributed by atoms with Crippen LogP contribution in [0.15, 0.2) is 0 Å². The van der Waals surface area contributed by atoms with Gasteiger partial charge in [0, 0.05) is 33.4 Å². The summed E-state index contributed by atoms with van der Waals surface area (Å²) in [4.78, 5) is 14.8. The maximum atomic E-state index is 5.94. The fourth-order valence-electron chi connectivity index (χ4n) is 2.05. The summed E-state index contributed by atoms with van der Waals surface area (Å²) in [5.74, 6) is 1.23. The number of hydrogen-bond acceptors (Lipinski definition) is 6. The van der Waals surface area contributed by atoms with Gasteiger partial charge in [0.2, 0.25) is 17.2 Å². The lowest BCUT2D eigenvalue weighted by atomic mass is 10.3. The zero-order valence-electron chi connectivity index (χ0n) is 11.2. The maximum absolute atomic E-state index is 5.94. The van der Waals surface area contributed by atoms with Crippen LogP contribution in [0.4, 0.5) is 11.9 Å². The Morgan fingerprint density at radius 1 is 1.21 bits per heavy atom. The van der Waals surface area contributed by atoms with Crippen LogP contribution in [0, 0.1) is 0 Å². The summed E-state index contributed by atoms with van der Waals surface area (Å²) in [6.07, 6.45) is 4.39. The topological polar surface area (TPSA) is 63.2 Å². The molecule has 1 aromatic rings.